The van der Waals surface area contributed by atoms with Gasteiger partial charge < -0.3 is 15.4 Å². The van der Waals surface area contributed by atoms with E-state index in [-0.39, 0.29) is 5.56 Å². The molecule has 0 saturated carbocycles. The summed E-state index contributed by atoms with van der Waals surface area (Å²) in [5.74, 6) is 0.919. The number of aromatic nitrogens is 1. The SMILES string of the molecule is NCC(O)CN1C[C@H]2C[C@H](C1)c1cccc(=O)n1C2. The molecule has 5 nitrogen and oxygen atoms in total. The summed E-state index contributed by atoms with van der Waals surface area (Å²) in [5.41, 5.74) is 6.74. The normalized spacial score (nSPS) is 27.9. The summed E-state index contributed by atoms with van der Waals surface area (Å²) >= 11 is 0. The number of nitrogens with zero attached hydrogens (tertiary/aromatic N) is 2. The molecule has 1 fully saturated rings. The summed E-state index contributed by atoms with van der Waals surface area (Å²) in [6.07, 6.45) is 0.704. The number of piperidine rings is 1. The van der Waals surface area contributed by atoms with Crippen LogP contribution in [-0.4, -0.2) is 46.9 Å². The van der Waals surface area contributed by atoms with E-state index in [0.717, 1.165) is 31.7 Å². The first-order valence-electron chi connectivity index (χ1n) is 6.97. The van der Waals surface area contributed by atoms with Crippen LogP contribution >= 0.6 is 0 Å². The Hall–Kier alpha value is -1.17. The quantitative estimate of drug-likeness (QED) is 0.777. The molecule has 1 saturated heterocycles. The van der Waals surface area contributed by atoms with Crippen molar-refractivity contribution in [2.75, 3.05) is 26.2 Å². The summed E-state index contributed by atoms with van der Waals surface area (Å²) in [5, 5.41) is 9.69. The highest BCUT2D eigenvalue weighted by Gasteiger charge is 2.34. The van der Waals surface area contributed by atoms with E-state index in [2.05, 4.69) is 11.0 Å². The van der Waals surface area contributed by atoms with E-state index < -0.39 is 6.10 Å². The van der Waals surface area contributed by atoms with Crippen LogP contribution < -0.4 is 11.3 Å². The number of nitrogens with two attached hydrogens (primary N) is 1. The second-order valence-electron chi connectivity index (χ2n) is 5.81. The van der Waals surface area contributed by atoms with Gasteiger partial charge >= 0.3 is 0 Å². The fourth-order valence-electron chi connectivity index (χ4n) is 3.52. The molecule has 3 N–H and O–H groups in total. The van der Waals surface area contributed by atoms with E-state index in [1.807, 2.05) is 10.6 Å². The van der Waals surface area contributed by atoms with Gasteiger partial charge in [-0.05, 0) is 18.4 Å². The van der Waals surface area contributed by atoms with E-state index in [0.29, 0.717) is 24.9 Å². The third-order valence-electron chi connectivity index (χ3n) is 4.30. The minimum atomic E-state index is -0.447. The Labute approximate surface area is 112 Å². The summed E-state index contributed by atoms with van der Waals surface area (Å²) < 4.78 is 1.93. The van der Waals surface area contributed by atoms with E-state index in [1.54, 1.807) is 6.07 Å². The molecule has 104 valence electrons. The van der Waals surface area contributed by atoms with Gasteiger partial charge in [-0.25, -0.2) is 0 Å². The lowest BCUT2D eigenvalue weighted by Crippen LogP contribution is -2.49. The van der Waals surface area contributed by atoms with Crippen LogP contribution in [0.25, 0.3) is 0 Å². The van der Waals surface area contributed by atoms with Crippen LogP contribution in [0.15, 0.2) is 23.0 Å². The number of aliphatic hydroxyl groups is 1. The van der Waals surface area contributed by atoms with Gasteiger partial charge in [0.25, 0.3) is 5.56 Å². The second kappa shape index (κ2) is 5.07. The number of pyridine rings is 1. The summed E-state index contributed by atoms with van der Waals surface area (Å²) in [6, 6.07) is 5.55. The molecule has 0 amide bonds. The van der Waals surface area contributed by atoms with Crippen LogP contribution in [-0.2, 0) is 6.54 Å². The van der Waals surface area contributed by atoms with Crippen molar-refractivity contribution in [3.63, 3.8) is 0 Å². The Morgan fingerprint density at radius 1 is 1.37 bits per heavy atom. The van der Waals surface area contributed by atoms with Crippen molar-refractivity contribution in [1.29, 1.82) is 0 Å². The van der Waals surface area contributed by atoms with Gasteiger partial charge in [0.2, 0.25) is 0 Å². The Morgan fingerprint density at radius 2 is 2.21 bits per heavy atom. The highest BCUT2D eigenvalue weighted by molar-refractivity contribution is 5.16. The fraction of sp³-hybridized carbons (Fsp3) is 0.643. The summed E-state index contributed by atoms with van der Waals surface area (Å²) in [7, 11) is 0. The van der Waals surface area contributed by atoms with Crippen molar-refractivity contribution >= 4 is 0 Å². The molecule has 1 aromatic rings. The van der Waals surface area contributed by atoms with Gasteiger partial charge in [-0.15, -0.1) is 0 Å². The molecule has 19 heavy (non-hydrogen) atoms. The monoisotopic (exact) mass is 263 g/mol. The maximum absolute atomic E-state index is 11.9. The molecule has 0 aliphatic carbocycles. The highest BCUT2D eigenvalue weighted by atomic mass is 16.3. The molecule has 0 aromatic carbocycles. The Morgan fingerprint density at radius 3 is 3.00 bits per heavy atom. The van der Waals surface area contributed by atoms with Crippen molar-refractivity contribution in [2.45, 2.75) is 25.0 Å². The third kappa shape index (κ3) is 2.45. The number of fused-ring (bicyclic) bond motifs is 4. The summed E-state index contributed by atoms with van der Waals surface area (Å²) in [4.78, 5) is 14.2. The van der Waals surface area contributed by atoms with Crippen LogP contribution in [0.3, 0.4) is 0 Å². The zero-order valence-corrected chi connectivity index (χ0v) is 11.0. The van der Waals surface area contributed by atoms with Crippen LogP contribution in [0.5, 0.6) is 0 Å². The van der Waals surface area contributed by atoms with Gasteiger partial charge in [0.05, 0.1) is 6.10 Å². The number of β-amino-alcohol motifs (C(OH)–C–C–N with tert-alkyl or cyclic N) is 1. The number of aliphatic hydroxyl groups excluding tert-OH is 1. The number of hydrogen-bond donors (Lipinski definition) is 2. The van der Waals surface area contributed by atoms with Gasteiger partial charge in [0.15, 0.2) is 0 Å². The predicted molar refractivity (Wildman–Crippen MR) is 73.1 cm³/mol. The standard InChI is InChI=1S/C14H21N3O2/c15-5-12(18)9-16-6-10-4-11(8-16)13-2-1-3-14(19)17(13)7-10/h1-3,10-12,18H,4-9,15H2/t10-,11-,12?/m1/s1. The third-order valence-corrected chi connectivity index (χ3v) is 4.30. The molecule has 2 aliphatic heterocycles. The second-order valence-corrected chi connectivity index (χ2v) is 5.81. The Kier molecular flexibility index (Phi) is 3.43. The van der Waals surface area contributed by atoms with Gasteiger partial charge in [-0.1, -0.05) is 6.07 Å². The lowest BCUT2D eigenvalue weighted by atomic mass is 9.83. The maximum Gasteiger partial charge on any atom is 0.250 e. The summed E-state index contributed by atoms with van der Waals surface area (Å²) in [6.45, 7) is 3.62. The number of rotatable bonds is 3. The van der Waals surface area contributed by atoms with Crippen LogP contribution in [0, 0.1) is 5.92 Å². The molecule has 0 spiro atoms. The molecule has 3 rings (SSSR count). The zero-order chi connectivity index (χ0) is 13.4. The molecular formula is C14H21N3O2. The van der Waals surface area contributed by atoms with Crippen LogP contribution in [0.2, 0.25) is 0 Å². The van der Waals surface area contributed by atoms with Gasteiger partial charge in [-0.3, -0.25) is 9.69 Å². The first-order chi connectivity index (χ1) is 9.17. The molecule has 3 atom stereocenters. The van der Waals surface area contributed by atoms with E-state index >= 15 is 0 Å². The van der Waals surface area contributed by atoms with Gasteiger partial charge in [0, 0.05) is 50.4 Å². The minimum Gasteiger partial charge on any atom is -0.390 e. The van der Waals surface area contributed by atoms with Crippen LogP contribution in [0.1, 0.15) is 18.0 Å². The number of likely N-dealkylation sites (tertiary alicyclic amines) is 1. The van der Waals surface area contributed by atoms with E-state index in [1.165, 1.54) is 0 Å². The first-order valence-corrected chi connectivity index (χ1v) is 6.97. The lowest BCUT2D eigenvalue weighted by Gasteiger charge is -2.43. The molecule has 2 bridgehead atoms. The van der Waals surface area contributed by atoms with E-state index in [4.69, 9.17) is 5.73 Å². The molecule has 0 radical (unpaired) electrons. The van der Waals surface area contributed by atoms with Crippen molar-refractivity contribution in [3.8, 4) is 0 Å². The van der Waals surface area contributed by atoms with E-state index in [9.17, 15) is 9.90 Å². The first kappa shape index (κ1) is 12.8. The molecule has 1 aromatic heterocycles. The average molecular weight is 263 g/mol. The topological polar surface area (TPSA) is 71.5 Å². The average Bonchev–Trinajstić information content (AvgIpc) is 2.40. The fourth-order valence-corrected chi connectivity index (χ4v) is 3.52. The smallest absolute Gasteiger partial charge is 0.250 e. The maximum atomic E-state index is 11.9. The molecule has 3 heterocycles. The largest absolute Gasteiger partial charge is 0.390 e. The van der Waals surface area contributed by atoms with Crippen molar-refractivity contribution in [2.24, 2.45) is 11.7 Å². The molecule has 1 unspecified atom stereocenters. The Balaban J connectivity index is 1.82. The molecule has 5 heteroatoms. The lowest BCUT2D eigenvalue weighted by molar-refractivity contribution is 0.0659. The molecule has 2 aliphatic rings. The number of hydrogen-bond acceptors (Lipinski definition) is 4. The van der Waals surface area contributed by atoms with Gasteiger partial charge in [-0.2, -0.15) is 0 Å². The predicted octanol–water partition coefficient (Wildman–Crippen LogP) is -0.413. The minimum absolute atomic E-state index is 0.114. The van der Waals surface area contributed by atoms with Crippen molar-refractivity contribution < 1.29 is 5.11 Å². The van der Waals surface area contributed by atoms with Gasteiger partial charge in [0.1, 0.15) is 0 Å². The highest BCUT2D eigenvalue weighted by Crippen LogP contribution is 2.34. The van der Waals surface area contributed by atoms with Crippen molar-refractivity contribution in [3.05, 3.63) is 34.2 Å². The molecular weight excluding hydrogens is 242 g/mol. The zero-order valence-electron chi connectivity index (χ0n) is 11.0. The van der Waals surface area contributed by atoms with Crippen molar-refractivity contribution in [1.82, 2.24) is 9.47 Å². The Bertz CT molecular complexity index is 514. The van der Waals surface area contributed by atoms with Crippen LogP contribution in [0.4, 0.5) is 0 Å².